The molecule has 0 unspecified atom stereocenters. The van der Waals surface area contributed by atoms with Crippen LogP contribution < -0.4 is 4.90 Å². The molecule has 3 aliphatic heterocycles. The van der Waals surface area contributed by atoms with Crippen LogP contribution in [0.5, 0.6) is 0 Å². The van der Waals surface area contributed by atoms with Crippen LogP contribution in [0.3, 0.4) is 0 Å². The van der Waals surface area contributed by atoms with Gasteiger partial charge in [-0.2, -0.15) is 0 Å². The van der Waals surface area contributed by atoms with Gasteiger partial charge in [-0.15, -0.1) is 0 Å². The highest BCUT2D eigenvalue weighted by atomic mass is 32.2. The zero-order valence-electron chi connectivity index (χ0n) is 17.2. The monoisotopic (exact) mass is 462 g/mol. The van der Waals surface area contributed by atoms with Crippen molar-refractivity contribution in [1.82, 2.24) is 9.80 Å². The second-order valence-corrected chi connectivity index (χ2v) is 8.36. The first-order chi connectivity index (χ1) is 15.4. The number of benzene rings is 1. The minimum Gasteiger partial charge on any atom is -0.378 e. The van der Waals surface area contributed by atoms with E-state index in [2.05, 4.69) is 0 Å². The fourth-order valence-electron chi connectivity index (χ4n) is 3.68. The van der Waals surface area contributed by atoms with Gasteiger partial charge in [0.1, 0.15) is 12.2 Å². The minimum absolute atomic E-state index is 0.0811. The summed E-state index contributed by atoms with van der Waals surface area (Å²) in [5.74, 6) is -0.899. The van der Waals surface area contributed by atoms with Gasteiger partial charge >= 0.3 is 0 Å². The molecule has 3 heterocycles. The van der Waals surface area contributed by atoms with Gasteiger partial charge in [0.2, 0.25) is 5.91 Å². The molecule has 3 aliphatic rings. The van der Waals surface area contributed by atoms with Crippen LogP contribution >= 0.6 is 11.8 Å². The van der Waals surface area contributed by atoms with Crippen molar-refractivity contribution in [3.63, 3.8) is 0 Å². The zero-order valence-corrected chi connectivity index (χ0v) is 18.0. The van der Waals surface area contributed by atoms with Gasteiger partial charge in [0.15, 0.2) is 0 Å². The van der Waals surface area contributed by atoms with Gasteiger partial charge in [0.05, 0.1) is 36.3 Å². The molecule has 0 atom stereocenters. The molecule has 12 heteroatoms. The maximum absolute atomic E-state index is 12.7. The molecular weight excluding hydrogens is 440 g/mol. The first kappa shape index (κ1) is 22.2. The van der Waals surface area contributed by atoms with Crippen molar-refractivity contribution in [3.8, 4) is 0 Å². The molecule has 1 aromatic carbocycles. The molecule has 0 saturated carbocycles. The van der Waals surface area contributed by atoms with Crippen LogP contribution in [0.4, 0.5) is 16.2 Å². The number of anilines is 1. The Bertz CT molecular complexity index is 971. The molecule has 3 fully saturated rings. The number of ether oxygens (including phenoxy) is 2. The summed E-state index contributed by atoms with van der Waals surface area (Å²) in [5.41, 5.74) is 0.834. The Balaban J connectivity index is 1.51. The molecule has 32 heavy (non-hydrogen) atoms. The number of carbonyl (C=O) groups is 3. The van der Waals surface area contributed by atoms with Crippen molar-refractivity contribution in [1.29, 1.82) is 0 Å². The molecule has 4 rings (SSSR count). The first-order valence-electron chi connectivity index (χ1n) is 10.2. The van der Waals surface area contributed by atoms with Crippen LogP contribution in [0.2, 0.25) is 0 Å². The van der Waals surface area contributed by atoms with E-state index in [1.165, 1.54) is 12.1 Å². The quantitative estimate of drug-likeness (QED) is 0.362. The average Bonchev–Trinajstić information content (AvgIpc) is 3.07. The fraction of sp³-hybridized carbons (Fsp3) is 0.450. The molecule has 0 radical (unpaired) electrons. The average molecular weight is 462 g/mol. The van der Waals surface area contributed by atoms with E-state index in [-0.39, 0.29) is 23.0 Å². The number of nitro groups is 1. The second kappa shape index (κ2) is 9.67. The molecule has 0 bridgehead atoms. The summed E-state index contributed by atoms with van der Waals surface area (Å²) in [6, 6.07) is 4.70. The molecule has 0 aliphatic carbocycles. The van der Waals surface area contributed by atoms with Crippen LogP contribution in [0, 0.1) is 10.1 Å². The lowest BCUT2D eigenvalue weighted by molar-refractivity contribution is -0.384. The molecule has 170 valence electrons. The normalized spacial score (nSPS) is 20.9. The molecule has 0 aromatic heterocycles. The molecule has 11 nitrogen and oxygen atoms in total. The van der Waals surface area contributed by atoms with Crippen LogP contribution in [0.15, 0.2) is 23.1 Å². The number of rotatable bonds is 5. The van der Waals surface area contributed by atoms with E-state index < -0.39 is 16.1 Å². The Morgan fingerprint density at radius 3 is 2.41 bits per heavy atom. The van der Waals surface area contributed by atoms with E-state index in [0.717, 1.165) is 16.7 Å². The number of carbonyl (C=O) groups excluding carboxylic acids is 3. The predicted octanol–water partition coefficient (Wildman–Crippen LogP) is 1.33. The third kappa shape index (κ3) is 4.76. The summed E-state index contributed by atoms with van der Waals surface area (Å²) >= 11 is 0.718. The van der Waals surface area contributed by atoms with E-state index in [9.17, 15) is 24.5 Å². The maximum atomic E-state index is 12.7. The first-order valence-corrected chi connectivity index (χ1v) is 11.0. The molecule has 0 N–H and O–H groups in total. The lowest BCUT2D eigenvalue weighted by atomic mass is 10.1. The molecule has 1 aromatic rings. The maximum Gasteiger partial charge on any atom is 0.294 e. The Kier molecular flexibility index (Phi) is 6.72. The second-order valence-electron chi connectivity index (χ2n) is 7.37. The number of hydrogen-bond donors (Lipinski definition) is 0. The summed E-state index contributed by atoms with van der Waals surface area (Å²) in [6.45, 7) is 3.45. The summed E-state index contributed by atoms with van der Waals surface area (Å²) in [5, 5.41) is 11.1. The lowest BCUT2D eigenvalue weighted by Gasteiger charge is -2.28. The lowest BCUT2D eigenvalue weighted by Crippen LogP contribution is -2.46. The van der Waals surface area contributed by atoms with E-state index in [4.69, 9.17) is 9.47 Å². The third-order valence-electron chi connectivity index (χ3n) is 5.38. The van der Waals surface area contributed by atoms with Crippen LogP contribution in [0.1, 0.15) is 5.56 Å². The highest BCUT2D eigenvalue weighted by Gasteiger charge is 2.37. The largest absolute Gasteiger partial charge is 0.378 e. The van der Waals surface area contributed by atoms with Crippen molar-refractivity contribution < 1.29 is 28.8 Å². The number of thioether (sulfide) groups is 1. The van der Waals surface area contributed by atoms with Crippen molar-refractivity contribution >= 4 is 46.3 Å². The topological polar surface area (TPSA) is 123 Å². The van der Waals surface area contributed by atoms with Gasteiger partial charge in [-0.25, -0.2) is 0 Å². The standard InChI is InChI=1S/C20H22N4O7S/c25-18(22-5-9-31-10-6-22)13-23-19(26)17(32-20(23)27)12-14-1-2-15(16(11-14)24(28)29)21-3-7-30-8-4-21/h1-2,11-12H,3-10,13H2/b17-12+. The van der Waals surface area contributed by atoms with Gasteiger partial charge < -0.3 is 19.3 Å². The molecule has 3 saturated heterocycles. The number of morpholine rings is 2. The highest BCUT2D eigenvalue weighted by Crippen LogP contribution is 2.35. The summed E-state index contributed by atoms with van der Waals surface area (Å²) in [7, 11) is 0. The number of amides is 3. The smallest absolute Gasteiger partial charge is 0.294 e. The number of imide groups is 1. The van der Waals surface area contributed by atoms with E-state index >= 15 is 0 Å². The van der Waals surface area contributed by atoms with Crippen molar-refractivity contribution in [2.24, 2.45) is 0 Å². The number of hydrogen-bond acceptors (Lipinski definition) is 9. The van der Waals surface area contributed by atoms with Crippen LogP contribution in [-0.4, -0.2) is 90.9 Å². The molecule has 3 amide bonds. The Morgan fingerprint density at radius 1 is 1.09 bits per heavy atom. The van der Waals surface area contributed by atoms with Gasteiger partial charge in [-0.1, -0.05) is 6.07 Å². The summed E-state index contributed by atoms with van der Waals surface area (Å²) in [6.07, 6.45) is 1.44. The van der Waals surface area contributed by atoms with Crippen molar-refractivity contribution in [2.75, 3.05) is 64.1 Å². The summed E-state index contributed by atoms with van der Waals surface area (Å²) in [4.78, 5) is 53.2. The van der Waals surface area contributed by atoms with Gasteiger partial charge in [-0.3, -0.25) is 29.4 Å². The van der Waals surface area contributed by atoms with Crippen molar-refractivity contribution in [2.45, 2.75) is 0 Å². The molecular formula is C20H22N4O7S. The van der Waals surface area contributed by atoms with Crippen molar-refractivity contribution in [3.05, 3.63) is 38.8 Å². The predicted molar refractivity (Wildman–Crippen MR) is 116 cm³/mol. The Labute approximate surface area is 188 Å². The van der Waals surface area contributed by atoms with Gasteiger partial charge in [-0.05, 0) is 29.5 Å². The van der Waals surface area contributed by atoms with E-state index in [1.54, 1.807) is 17.0 Å². The Morgan fingerprint density at radius 2 is 1.75 bits per heavy atom. The third-order valence-corrected chi connectivity index (χ3v) is 6.28. The number of nitrogens with zero attached hydrogens (tertiary/aromatic N) is 4. The van der Waals surface area contributed by atoms with Gasteiger partial charge in [0, 0.05) is 32.2 Å². The molecule has 0 spiro atoms. The van der Waals surface area contributed by atoms with Crippen LogP contribution in [-0.2, 0) is 19.1 Å². The number of nitro benzene ring substituents is 1. The van der Waals surface area contributed by atoms with Crippen LogP contribution in [0.25, 0.3) is 6.08 Å². The zero-order chi connectivity index (χ0) is 22.7. The van der Waals surface area contributed by atoms with E-state index in [1.807, 2.05) is 4.90 Å². The van der Waals surface area contributed by atoms with E-state index in [0.29, 0.717) is 63.9 Å². The fourth-order valence-corrected chi connectivity index (χ4v) is 4.52. The van der Waals surface area contributed by atoms with Gasteiger partial charge in [0.25, 0.3) is 16.8 Å². The highest BCUT2D eigenvalue weighted by molar-refractivity contribution is 8.18. The SMILES string of the molecule is O=C(CN1C(=O)S/C(=C/c2ccc(N3CCOCC3)c([N+](=O)[O-])c2)C1=O)N1CCOCC1. The Hall–Kier alpha value is -2.96. The minimum atomic E-state index is -0.582. The summed E-state index contributed by atoms with van der Waals surface area (Å²) < 4.78 is 10.5.